The van der Waals surface area contributed by atoms with Crippen LogP contribution in [0.25, 0.3) is 10.9 Å². The van der Waals surface area contributed by atoms with Crippen molar-refractivity contribution in [1.82, 2.24) is 4.98 Å². The van der Waals surface area contributed by atoms with Gasteiger partial charge in [0.2, 0.25) is 0 Å². The van der Waals surface area contributed by atoms with Crippen molar-refractivity contribution >= 4 is 26.8 Å². The van der Waals surface area contributed by atoms with Crippen LogP contribution in [0.15, 0.2) is 28.9 Å². The molecule has 0 aliphatic rings. The Hall–Kier alpha value is -0.800. The molecular formula is C11H12BrNO. The van der Waals surface area contributed by atoms with E-state index in [-0.39, 0.29) is 6.10 Å². The summed E-state index contributed by atoms with van der Waals surface area (Å²) in [6.07, 6.45) is 2.35. The molecule has 0 saturated carbocycles. The summed E-state index contributed by atoms with van der Waals surface area (Å²) < 4.78 is 1.07. The lowest BCUT2D eigenvalue weighted by Crippen LogP contribution is -2.03. The summed E-state index contributed by atoms with van der Waals surface area (Å²) in [5, 5.41) is 10.5. The smallest absolute Gasteiger partial charge is 0.0553 e. The van der Waals surface area contributed by atoms with Gasteiger partial charge in [-0.15, -0.1) is 0 Å². The molecular weight excluding hydrogens is 242 g/mol. The molecule has 14 heavy (non-hydrogen) atoms. The number of hydrogen-bond donors (Lipinski definition) is 2. The Labute approximate surface area is 91.1 Å². The topological polar surface area (TPSA) is 36.0 Å². The van der Waals surface area contributed by atoms with E-state index in [1.165, 1.54) is 5.39 Å². The second kappa shape index (κ2) is 3.75. The van der Waals surface area contributed by atoms with Crippen molar-refractivity contribution in [2.45, 2.75) is 19.4 Å². The van der Waals surface area contributed by atoms with Gasteiger partial charge < -0.3 is 10.1 Å². The maximum absolute atomic E-state index is 9.33. The van der Waals surface area contributed by atoms with Crippen LogP contribution in [-0.2, 0) is 6.42 Å². The fourth-order valence-electron chi connectivity index (χ4n) is 1.64. The molecule has 1 aromatic heterocycles. The second-order valence-corrected chi connectivity index (χ2v) is 4.47. The standard InChI is InChI=1S/C11H12BrNO/c1-7(14)4-8-6-13-11-3-2-9(12)5-10(8)11/h2-3,5-7,13-14H,4H2,1H3/t7-/m1/s1. The van der Waals surface area contributed by atoms with Crippen LogP contribution in [0.3, 0.4) is 0 Å². The van der Waals surface area contributed by atoms with E-state index in [4.69, 9.17) is 0 Å². The van der Waals surface area contributed by atoms with Crippen molar-refractivity contribution < 1.29 is 5.11 Å². The molecule has 0 saturated heterocycles. The van der Waals surface area contributed by atoms with Crippen molar-refractivity contribution in [2.75, 3.05) is 0 Å². The van der Waals surface area contributed by atoms with Crippen LogP contribution < -0.4 is 0 Å². The number of aromatic amines is 1. The van der Waals surface area contributed by atoms with Crippen molar-refractivity contribution in [2.24, 2.45) is 0 Å². The zero-order chi connectivity index (χ0) is 10.1. The number of fused-ring (bicyclic) bond motifs is 1. The summed E-state index contributed by atoms with van der Waals surface area (Å²) in [5.41, 5.74) is 2.28. The zero-order valence-electron chi connectivity index (χ0n) is 7.92. The number of halogens is 1. The molecule has 0 bridgehead atoms. The molecule has 0 amide bonds. The van der Waals surface area contributed by atoms with E-state index in [1.807, 2.05) is 18.3 Å². The van der Waals surface area contributed by atoms with E-state index >= 15 is 0 Å². The lowest BCUT2D eigenvalue weighted by molar-refractivity contribution is 0.196. The molecule has 1 heterocycles. The predicted octanol–water partition coefficient (Wildman–Crippen LogP) is 2.85. The first-order chi connectivity index (χ1) is 6.66. The number of aliphatic hydroxyl groups is 1. The molecule has 74 valence electrons. The minimum atomic E-state index is -0.298. The van der Waals surface area contributed by atoms with Crippen LogP contribution in [0.2, 0.25) is 0 Å². The normalized spacial score (nSPS) is 13.4. The Morgan fingerprint density at radius 3 is 3.00 bits per heavy atom. The summed E-state index contributed by atoms with van der Waals surface area (Å²) in [7, 11) is 0. The fourth-order valence-corrected chi connectivity index (χ4v) is 2.00. The summed E-state index contributed by atoms with van der Waals surface area (Å²) in [6, 6.07) is 6.11. The lowest BCUT2D eigenvalue weighted by atomic mass is 10.1. The van der Waals surface area contributed by atoms with Crippen LogP contribution in [0.1, 0.15) is 12.5 Å². The van der Waals surface area contributed by atoms with Gasteiger partial charge in [-0.1, -0.05) is 15.9 Å². The second-order valence-electron chi connectivity index (χ2n) is 3.56. The molecule has 0 radical (unpaired) electrons. The van der Waals surface area contributed by atoms with Gasteiger partial charge in [0.1, 0.15) is 0 Å². The van der Waals surface area contributed by atoms with Crippen molar-refractivity contribution in [3.05, 3.63) is 34.4 Å². The number of H-pyrrole nitrogens is 1. The highest BCUT2D eigenvalue weighted by Crippen LogP contribution is 2.23. The third-order valence-corrected chi connectivity index (χ3v) is 2.74. The number of aliphatic hydroxyl groups excluding tert-OH is 1. The maximum Gasteiger partial charge on any atom is 0.0553 e. The first kappa shape index (κ1) is 9.74. The summed E-state index contributed by atoms with van der Waals surface area (Å²) in [6.45, 7) is 1.80. The predicted molar refractivity (Wildman–Crippen MR) is 61.4 cm³/mol. The molecule has 1 aromatic carbocycles. The summed E-state index contributed by atoms with van der Waals surface area (Å²) in [4.78, 5) is 3.19. The van der Waals surface area contributed by atoms with Gasteiger partial charge in [0.05, 0.1) is 6.10 Å². The van der Waals surface area contributed by atoms with Gasteiger partial charge in [-0.2, -0.15) is 0 Å². The first-order valence-corrected chi connectivity index (χ1v) is 5.39. The van der Waals surface area contributed by atoms with Gasteiger partial charge in [-0.05, 0) is 30.7 Å². The number of rotatable bonds is 2. The third-order valence-electron chi connectivity index (χ3n) is 2.24. The Morgan fingerprint density at radius 2 is 2.29 bits per heavy atom. The van der Waals surface area contributed by atoms with Crippen LogP contribution >= 0.6 is 15.9 Å². The molecule has 0 aliphatic carbocycles. The van der Waals surface area contributed by atoms with E-state index in [1.54, 1.807) is 6.92 Å². The Kier molecular flexibility index (Phi) is 2.61. The van der Waals surface area contributed by atoms with E-state index in [9.17, 15) is 5.11 Å². The molecule has 3 heteroatoms. The number of aromatic nitrogens is 1. The van der Waals surface area contributed by atoms with Crippen LogP contribution in [0.4, 0.5) is 0 Å². The number of hydrogen-bond acceptors (Lipinski definition) is 1. The van der Waals surface area contributed by atoms with E-state index in [2.05, 4.69) is 27.0 Å². The first-order valence-electron chi connectivity index (χ1n) is 4.60. The largest absolute Gasteiger partial charge is 0.393 e. The highest BCUT2D eigenvalue weighted by Gasteiger charge is 2.06. The quantitative estimate of drug-likeness (QED) is 0.849. The highest BCUT2D eigenvalue weighted by atomic mass is 79.9. The van der Waals surface area contributed by atoms with E-state index in [0.717, 1.165) is 15.6 Å². The van der Waals surface area contributed by atoms with Gasteiger partial charge in [0.15, 0.2) is 0 Å². The zero-order valence-corrected chi connectivity index (χ0v) is 9.51. The third kappa shape index (κ3) is 1.83. The average molecular weight is 254 g/mol. The van der Waals surface area contributed by atoms with Crippen LogP contribution in [-0.4, -0.2) is 16.2 Å². The lowest BCUT2D eigenvalue weighted by Gasteiger charge is -2.02. The molecule has 0 spiro atoms. The Balaban J connectivity index is 2.50. The number of nitrogens with one attached hydrogen (secondary N) is 1. The van der Waals surface area contributed by atoms with E-state index < -0.39 is 0 Å². The monoisotopic (exact) mass is 253 g/mol. The molecule has 1 atom stereocenters. The molecule has 0 fully saturated rings. The molecule has 0 aliphatic heterocycles. The molecule has 2 rings (SSSR count). The van der Waals surface area contributed by atoms with Crippen molar-refractivity contribution in [3.63, 3.8) is 0 Å². The summed E-state index contributed by atoms with van der Waals surface area (Å²) in [5.74, 6) is 0. The average Bonchev–Trinajstić information content (AvgIpc) is 2.47. The Morgan fingerprint density at radius 1 is 1.50 bits per heavy atom. The fraction of sp³-hybridized carbons (Fsp3) is 0.273. The Bertz CT molecular complexity index is 447. The molecule has 2 aromatic rings. The number of benzene rings is 1. The molecule has 2 nitrogen and oxygen atoms in total. The van der Waals surface area contributed by atoms with Crippen LogP contribution in [0.5, 0.6) is 0 Å². The van der Waals surface area contributed by atoms with Crippen LogP contribution in [0, 0.1) is 0 Å². The molecule has 2 N–H and O–H groups in total. The minimum absolute atomic E-state index is 0.298. The highest BCUT2D eigenvalue weighted by molar-refractivity contribution is 9.10. The van der Waals surface area contributed by atoms with Gasteiger partial charge in [-0.3, -0.25) is 0 Å². The van der Waals surface area contributed by atoms with Gasteiger partial charge in [0, 0.05) is 28.0 Å². The van der Waals surface area contributed by atoms with Gasteiger partial charge in [0.25, 0.3) is 0 Å². The maximum atomic E-state index is 9.33. The molecule has 0 unspecified atom stereocenters. The minimum Gasteiger partial charge on any atom is -0.393 e. The van der Waals surface area contributed by atoms with Gasteiger partial charge in [-0.25, -0.2) is 0 Å². The van der Waals surface area contributed by atoms with Crippen molar-refractivity contribution in [1.29, 1.82) is 0 Å². The van der Waals surface area contributed by atoms with Crippen molar-refractivity contribution in [3.8, 4) is 0 Å². The SMILES string of the molecule is C[C@@H](O)Cc1c[nH]c2ccc(Br)cc12. The van der Waals surface area contributed by atoms with E-state index in [0.29, 0.717) is 6.42 Å². The van der Waals surface area contributed by atoms with Gasteiger partial charge >= 0.3 is 0 Å². The summed E-state index contributed by atoms with van der Waals surface area (Å²) >= 11 is 3.44.